The van der Waals surface area contributed by atoms with E-state index < -0.39 is 0 Å². The minimum Gasteiger partial charge on any atom is -0.455 e. The van der Waals surface area contributed by atoms with Gasteiger partial charge in [-0.2, -0.15) is 0 Å². The number of hydrogen-bond acceptors (Lipinski definition) is 1. The number of para-hydroxylation sites is 3. The van der Waals surface area contributed by atoms with E-state index in [-0.39, 0.29) is 0 Å². The molecule has 3 nitrogen and oxygen atoms in total. The minimum atomic E-state index is 0.909. The first-order valence-corrected chi connectivity index (χ1v) is 20.3. The van der Waals surface area contributed by atoms with Crippen molar-refractivity contribution in [2.45, 2.75) is 0 Å². The van der Waals surface area contributed by atoms with Crippen LogP contribution in [0.3, 0.4) is 0 Å². The summed E-state index contributed by atoms with van der Waals surface area (Å²) in [4.78, 5) is 0. The lowest BCUT2D eigenvalue weighted by molar-refractivity contribution is 0.673. The van der Waals surface area contributed by atoms with Gasteiger partial charge in [0.1, 0.15) is 11.2 Å². The normalized spacial score (nSPS) is 12.4. The van der Waals surface area contributed by atoms with Gasteiger partial charge in [-0.3, -0.25) is 0 Å². The standard InChI is InChI=1S/C56H32N2O/c1-2-12-37(13-3-1)57-49-20-10-8-16-40(49)44-29-35(23-25-51(44)57)36-31-46-41-17-9-11-21-50(41)58-52-26-22-33(28-45(52)47(32-36)55(46)58)34-24-27-53-48(30-34)54-42-18-6-4-14-38(42)39-15-5-7-19-43(39)56(54)59-53/h1-32H. The molecular weight excluding hydrogens is 717 g/mol. The smallest absolute Gasteiger partial charge is 0.143 e. The van der Waals surface area contributed by atoms with Crippen molar-refractivity contribution in [3.05, 3.63) is 194 Å². The fourth-order valence-corrected chi connectivity index (χ4v) is 10.4. The average Bonchev–Trinajstić information content (AvgIpc) is 4.04. The van der Waals surface area contributed by atoms with Crippen LogP contribution in [-0.4, -0.2) is 8.97 Å². The second-order valence-electron chi connectivity index (χ2n) is 16.0. The van der Waals surface area contributed by atoms with Gasteiger partial charge in [-0.25, -0.2) is 0 Å². The van der Waals surface area contributed by atoms with Crippen LogP contribution in [0.5, 0.6) is 0 Å². The van der Waals surface area contributed by atoms with E-state index in [0.717, 1.165) is 21.9 Å². The molecule has 0 unspecified atom stereocenters. The average molecular weight is 749 g/mol. The summed E-state index contributed by atoms with van der Waals surface area (Å²) in [6.45, 7) is 0. The van der Waals surface area contributed by atoms with Gasteiger partial charge in [0.2, 0.25) is 0 Å². The molecule has 0 aliphatic heterocycles. The van der Waals surface area contributed by atoms with E-state index >= 15 is 0 Å². The van der Waals surface area contributed by atoms with E-state index in [1.807, 2.05) is 0 Å². The number of furan rings is 1. The van der Waals surface area contributed by atoms with E-state index in [9.17, 15) is 0 Å². The van der Waals surface area contributed by atoms with Gasteiger partial charge in [0.05, 0.1) is 27.6 Å². The molecule has 0 atom stereocenters. The maximum atomic E-state index is 6.67. The Morgan fingerprint density at radius 1 is 0.305 bits per heavy atom. The van der Waals surface area contributed by atoms with Crippen molar-refractivity contribution >= 4 is 103 Å². The second-order valence-corrected chi connectivity index (χ2v) is 16.0. The predicted molar refractivity (Wildman–Crippen MR) is 249 cm³/mol. The quantitative estimate of drug-likeness (QED) is 0.165. The highest BCUT2D eigenvalue weighted by Gasteiger charge is 2.21. The Morgan fingerprint density at radius 3 is 1.54 bits per heavy atom. The number of rotatable bonds is 3. The lowest BCUT2D eigenvalue weighted by atomic mass is 9.95. The Bertz CT molecular complexity index is 4070. The Morgan fingerprint density at radius 2 is 0.780 bits per heavy atom. The highest BCUT2D eigenvalue weighted by atomic mass is 16.3. The fraction of sp³-hybridized carbons (Fsp3) is 0. The number of benzene rings is 10. The lowest BCUT2D eigenvalue weighted by Gasteiger charge is -2.09. The summed E-state index contributed by atoms with van der Waals surface area (Å²) < 4.78 is 11.5. The zero-order valence-electron chi connectivity index (χ0n) is 31.8. The monoisotopic (exact) mass is 748 g/mol. The van der Waals surface area contributed by atoms with Crippen molar-refractivity contribution in [2.24, 2.45) is 0 Å². The number of aromatic nitrogens is 2. The van der Waals surface area contributed by atoms with Gasteiger partial charge >= 0.3 is 0 Å². The summed E-state index contributed by atoms with van der Waals surface area (Å²) in [6.07, 6.45) is 0. The van der Waals surface area contributed by atoms with E-state index in [1.54, 1.807) is 0 Å². The Kier molecular flexibility index (Phi) is 6.02. The summed E-state index contributed by atoms with van der Waals surface area (Å²) in [5.74, 6) is 0. The van der Waals surface area contributed by atoms with E-state index in [2.05, 4.69) is 203 Å². The van der Waals surface area contributed by atoms with Crippen molar-refractivity contribution in [3.8, 4) is 27.9 Å². The molecule has 4 aromatic heterocycles. The Labute approximate surface area is 337 Å². The minimum absolute atomic E-state index is 0.909. The second kappa shape index (κ2) is 11.4. The molecule has 4 heterocycles. The molecule has 272 valence electrons. The molecule has 14 rings (SSSR count). The number of nitrogens with zero attached hydrogens (tertiary/aromatic N) is 2. The van der Waals surface area contributed by atoms with Crippen molar-refractivity contribution in [3.63, 3.8) is 0 Å². The van der Waals surface area contributed by atoms with Crippen molar-refractivity contribution in [1.29, 1.82) is 0 Å². The van der Waals surface area contributed by atoms with Crippen LogP contribution in [0, 0.1) is 0 Å². The van der Waals surface area contributed by atoms with E-state index in [4.69, 9.17) is 4.42 Å². The van der Waals surface area contributed by atoms with Crippen molar-refractivity contribution in [1.82, 2.24) is 8.97 Å². The van der Waals surface area contributed by atoms with Crippen molar-refractivity contribution in [2.75, 3.05) is 0 Å². The molecule has 0 aliphatic carbocycles. The first-order valence-electron chi connectivity index (χ1n) is 20.3. The molecule has 0 N–H and O–H groups in total. The van der Waals surface area contributed by atoms with Gasteiger partial charge in [0.15, 0.2) is 0 Å². The maximum Gasteiger partial charge on any atom is 0.143 e. The molecule has 0 aliphatic rings. The van der Waals surface area contributed by atoms with E-state index in [0.29, 0.717) is 0 Å². The number of fused-ring (bicyclic) bond motifs is 17. The van der Waals surface area contributed by atoms with Gasteiger partial charge in [0.25, 0.3) is 0 Å². The van der Waals surface area contributed by atoms with Gasteiger partial charge in [-0.1, -0.05) is 121 Å². The van der Waals surface area contributed by atoms with Crippen LogP contribution in [0.2, 0.25) is 0 Å². The van der Waals surface area contributed by atoms with Crippen LogP contribution < -0.4 is 0 Å². The largest absolute Gasteiger partial charge is 0.455 e. The summed E-state index contributed by atoms with van der Waals surface area (Å²) in [5.41, 5.74) is 14.0. The van der Waals surface area contributed by atoms with Gasteiger partial charge in [0, 0.05) is 54.2 Å². The molecule has 0 saturated carbocycles. The molecule has 0 spiro atoms. The third kappa shape index (κ3) is 4.16. The fourth-order valence-electron chi connectivity index (χ4n) is 10.4. The zero-order valence-corrected chi connectivity index (χ0v) is 31.8. The van der Waals surface area contributed by atoms with Crippen LogP contribution in [0.25, 0.3) is 131 Å². The van der Waals surface area contributed by atoms with Gasteiger partial charge in [-0.15, -0.1) is 0 Å². The summed E-state index contributed by atoms with van der Waals surface area (Å²) in [5, 5.41) is 14.8. The zero-order chi connectivity index (χ0) is 38.3. The summed E-state index contributed by atoms with van der Waals surface area (Å²) in [7, 11) is 0. The molecule has 0 bridgehead atoms. The molecule has 3 heteroatoms. The third-order valence-electron chi connectivity index (χ3n) is 13.0. The maximum absolute atomic E-state index is 6.67. The summed E-state index contributed by atoms with van der Waals surface area (Å²) >= 11 is 0. The highest BCUT2D eigenvalue weighted by Crippen LogP contribution is 2.45. The summed E-state index contributed by atoms with van der Waals surface area (Å²) in [6, 6.07) is 71.2. The van der Waals surface area contributed by atoms with Gasteiger partial charge in [-0.05, 0) is 111 Å². The topological polar surface area (TPSA) is 22.5 Å². The molecular formula is C56H32N2O. The Balaban J connectivity index is 1.00. The van der Waals surface area contributed by atoms with Crippen LogP contribution in [0.4, 0.5) is 0 Å². The van der Waals surface area contributed by atoms with E-state index in [1.165, 1.54) is 109 Å². The van der Waals surface area contributed by atoms with Crippen molar-refractivity contribution < 1.29 is 4.42 Å². The first kappa shape index (κ1) is 31.2. The lowest BCUT2D eigenvalue weighted by Crippen LogP contribution is -1.92. The first-order chi connectivity index (χ1) is 29.3. The molecule has 59 heavy (non-hydrogen) atoms. The SMILES string of the molecule is c1ccc(-n2c3ccccc3c3cc(-c4cc5c6ccccc6n6c7ccc(-c8ccc9oc%10c%11ccccc%11c%11ccccc%11c%10c9c8)cc7c(c4)c56)ccc32)cc1. The molecule has 0 fully saturated rings. The number of hydrogen-bond donors (Lipinski definition) is 0. The molecule has 0 amide bonds. The Hall–Kier alpha value is -7.88. The van der Waals surface area contributed by atoms with Crippen LogP contribution in [-0.2, 0) is 0 Å². The van der Waals surface area contributed by atoms with Crippen LogP contribution in [0.15, 0.2) is 199 Å². The third-order valence-corrected chi connectivity index (χ3v) is 13.0. The van der Waals surface area contributed by atoms with Gasteiger partial charge < -0.3 is 13.4 Å². The molecule has 10 aromatic carbocycles. The molecule has 14 aromatic rings. The van der Waals surface area contributed by atoms with Crippen LogP contribution >= 0.6 is 0 Å². The molecule has 0 radical (unpaired) electrons. The highest BCUT2D eigenvalue weighted by molar-refractivity contribution is 6.30. The van der Waals surface area contributed by atoms with Crippen LogP contribution in [0.1, 0.15) is 0 Å². The molecule has 0 saturated heterocycles. The predicted octanol–water partition coefficient (Wildman–Crippen LogP) is 15.5.